The average molecular weight is 394 g/mol. The van der Waals surface area contributed by atoms with Crippen molar-refractivity contribution in [1.82, 2.24) is 24.5 Å². The van der Waals surface area contributed by atoms with Crippen LogP contribution in [0.3, 0.4) is 0 Å². The number of benzene rings is 1. The van der Waals surface area contributed by atoms with Crippen molar-refractivity contribution in [1.29, 1.82) is 0 Å². The number of imidazole rings is 1. The summed E-state index contributed by atoms with van der Waals surface area (Å²) in [7, 11) is 0. The Morgan fingerprint density at radius 3 is 2.71 bits per heavy atom. The number of anilines is 3. The number of halogens is 1. The van der Waals surface area contributed by atoms with Gasteiger partial charge in [-0.25, -0.2) is 10.8 Å². The number of nitrogens with two attached hydrogens (primary N) is 1. The molecule has 0 atom stereocenters. The molecule has 0 radical (unpaired) electrons. The summed E-state index contributed by atoms with van der Waals surface area (Å²) in [5.74, 6) is 6.48. The standard InChI is InChI=1S/C12H11IN8/c13-8-2-1-3-9(6-8)16-10-17-11(20-14)19-12(18-10)21-5-4-15-7-21/h1-7H,14H2,(H2,16,17,18,19,20). The molecule has 0 aliphatic rings. The predicted octanol–water partition coefficient (Wildman–Crippen LogP) is 1.69. The molecular weight excluding hydrogens is 383 g/mol. The van der Waals surface area contributed by atoms with Crippen LogP contribution >= 0.6 is 22.6 Å². The van der Waals surface area contributed by atoms with Gasteiger partial charge in [-0.05, 0) is 40.8 Å². The lowest BCUT2D eigenvalue weighted by Crippen LogP contribution is -2.14. The summed E-state index contributed by atoms with van der Waals surface area (Å²) in [6.45, 7) is 0. The molecule has 1 aromatic carbocycles. The zero-order valence-electron chi connectivity index (χ0n) is 10.7. The van der Waals surface area contributed by atoms with E-state index in [1.54, 1.807) is 23.3 Å². The molecule has 21 heavy (non-hydrogen) atoms. The van der Waals surface area contributed by atoms with Crippen LogP contribution in [0, 0.1) is 3.57 Å². The van der Waals surface area contributed by atoms with Crippen LogP contribution < -0.4 is 16.6 Å². The normalized spacial score (nSPS) is 10.4. The van der Waals surface area contributed by atoms with Gasteiger partial charge in [-0.2, -0.15) is 15.0 Å². The van der Waals surface area contributed by atoms with Gasteiger partial charge in [0, 0.05) is 21.7 Å². The molecule has 0 saturated carbocycles. The van der Waals surface area contributed by atoms with Gasteiger partial charge < -0.3 is 5.32 Å². The maximum absolute atomic E-state index is 5.40. The predicted molar refractivity (Wildman–Crippen MR) is 87.2 cm³/mol. The highest BCUT2D eigenvalue weighted by Crippen LogP contribution is 2.17. The number of aromatic nitrogens is 5. The highest BCUT2D eigenvalue weighted by molar-refractivity contribution is 14.1. The first kappa shape index (κ1) is 13.7. The van der Waals surface area contributed by atoms with Crippen molar-refractivity contribution < 1.29 is 0 Å². The van der Waals surface area contributed by atoms with E-state index >= 15 is 0 Å². The van der Waals surface area contributed by atoms with Gasteiger partial charge in [-0.1, -0.05) is 6.07 Å². The van der Waals surface area contributed by atoms with Crippen LogP contribution in [0.15, 0.2) is 43.0 Å². The molecular formula is C12H11IN8. The second kappa shape index (κ2) is 6.01. The minimum Gasteiger partial charge on any atom is -0.324 e. The number of nitrogens with zero attached hydrogens (tertiary/aromatic N) is 5. The van der Waals surface area contributed by atoms with Gasteiger partial charge in [-0.15, -0.1) is 0 Å². The van der Waals surface area contributed by atoms with E-state index in [1.807, 2.05) is 24.3 Å². The van der Waals surface area contributed by atoms with Gasteiger partial charge in [0.2, 0.25) is 17.8 Å². The molecule has 8 nitrogen and oxygen atoms in total. The first-order chi connectivity index (χ1) is 10.2. The van der Waals surface area contributed by atoms with Gasteiger partial charge >= 0.3 is 0 Å². The Kier molecular flexibility index (Phi) is 3.92. The molecule has 2 heterocycles. The van der Waals surface area contributed by atoms with E-state index < -0.39 is 0 Å². The number of rotatable bonds is 4. The SMILES string of the molecule is NNc1nc(Nc2cccc(I)c2)nc(-n2ccnc2)n1. The summed E-state index contributed by atoms with van der Waals surface area (Å²) in [5.41, 5.74) is 3.31. The minimum absolute atomic E-state index is 0.266. The number of hydrogen-bond donors (Lipinski definition) is 3. The molecule has 106 valence electrons. The maximum atomic E-state index is 5.40. The van der Waals surface area contributed by atoms with Crippen molar-refractivity contribution in [3.63, 3.8) is 0 Å². The lowest BCUT2D eigenvalue weighted by atomic mass is 10.3. The molecule has 0 aliphatic heterocycles. The Balaban J connectivity index is 1.96. The monoisotopic (exact) mass is 394 g/mol. The minimum atomic E-state index is 0.266. The molecule has 0 bridgehead atoms. The van der Waals surface area contributed by atoms with Crippen LogP contribution in [0.25, 0.3) is 5.95 Å². The highest BCUT2D eigenvalue weighted by Gasteiger charge is 2.07. The quantitative estimate of drug-likeness (QED) is 0.351. The van der Waals surface area contributed by atoms with Crippen LogP contribution in [0.2, 0.25) is 0 Å². The van der Waals surface area contributed by atoms with E-state index in [0.717, 1.165) is 9.26 Å². The highest BCUT2D eigenvalue weighted by atomic mass is 127. The number of nitrogen functional groups attached to an aromatic ring is 1. The Morgan fingerprint density at radius 1 is 1.14 bits per heavy atom. The summed E-state index contributed by atoms with van der Waals surface area (Å²) in [6, 6.07) is 7.86. The van der Waals surface area contributed by atoms with Gasteiger partial charge in [0.25, 0.3) is 0 Å². The van der Waals surface area contributed by atoms with Crippen LogP contribution in [0.4, 0.5) is 17.6 Å². The second-order valence-corrected chi connectivity index (χ2v) is 5.28. The van der Waals surface area contributed by atoms with E-state index in [4.69, 9.17) is 5.84 Å². The van der Waals surface area contributed by atoms with E-state index in [0.29, 0.717) is 11.9 Å². The summed E-state index contributed by atoms with van der Waals surface area (Å²) in [6.07, 6.45) is 4.99. The van der Waals surface area contributed by atoms with Crippen molar-refractivity contribution in [3.8, 4) is 5.95 Å². The van der Waals surface area contributed by atoms with Crippen LogP contribution in [0.1, 0.15) is 0 Å². The molecule has 3 aromatic rings. The van der Waals surface area contributed by atoms with Crippen LogP contribution in [-0.2, 0) is 0 Å². The molecule has 0 spiro atoms. The number of hydrogen-bond acceptors (Lipinski definition) is 7. The lowest BCUT2D eigenvalue weighted by Gasteiger charge is -2.09. The van der Waals surface area contributed by atoms with E-state index in [2.05, 4.69) is 53.3 Å². The Hall–Kier alpha value is -2.27. The average Bonchev–Trinajstić information content (AvgIpc) is 3.01. The van der Waals surface area contributed by atoms with E-state index in [-0.39, 0.29) is 5.95 Å². The van der Waals surface area contributed by atoms with Gasteiger partial charge in [-0.3, -0.25) is 9.99 Å². The zero-order valence-corrected chi connectivity index (χ0v) is 12.9. The van der Waals surface area contributed by atoms with Gasteiger partial charge in [0.05, 0.1) is 0 Å². The third kappa shape index (κ3) is 3.25. The molecule has 0 saturated heterocycles. The zero-order chi connectivity index (χ0) is 14.7. The first-order valence-electron chi connectivity index (χ1n) is 5.98. The van der Waals surface area contributed by atoms with Crippen molar-refractivity contribution in [2.24, 2.45) is 5.84 Å². The van der Waals surface area contributed by atoms with E-state index in [1.165, 1.54) is 0 Å². The van der Waals surface area contributed by atoms with Gasteiger partial charge in [0.1, 0.15) is 6.33 Å². The topological polar surface area (TPSA) is 107 Å². The largest absolute Gasteiger partial charge is 0.324 e. The van der Waals surface area contributed by atoms with Crippen molar-refractivity contribution in [2.75, 3.05) is 10.7 Å². The molecule has 0 fully saturated rings. The second-order valence-electron chi connectivity index (χ2n) is 4.03. The molecule has 4 N–H and O–H groups in total. The fourth-order valence-electron chi connectivity index (χ4n) is 1.67. The van der Waals surface area contributed by atoms with Crippen molar-refractivity contribution in [3.05, 3.63) is 46.6 Å². The van der Waals surface area contributed by atoms with Crippen molar-refractivity contribution >= 4 is 40.2 Å². The number of hydrazine groups is 1. The fraction of sp³-hybridized carbons (Fsp3) is 0. The third-order valence-corrected chi connectivity index (χ3v) is 3.24. The van der Waals surface area contributed by atoms with Crippen molar-refractivity contribution in [2.45, 2.75) is 0 Å². The Morgan fingerprint density at radius 2 is 2.00 bits per heavy atom. The summed E-state index contributed by atoms with van der Waals surface area (Å²) >= 11 is 2.24. The molecule has 0 unspecified atom stereocenters. The van der Waals surface area contributed by atoms with Crippen LogP contribution in [-0.4, -0.2) is 24.5 Å². The molecule has 0 amide bonds. The third-order valence-electron chi connectivity index (χ3n) is 2.57. The maximum Gasteiger partial charge on any atom is 0.243 e. The Bertz CT molecular complexity index is 743. The molecule has 9 heteroatoms. The summed E-state index contributed by atoms with van der Waals surface area (Å²) < 4.78 is 2.78. The fourth-order valence-corrected chi connectivity index (χ4v) is 2.22. The first-order valence-corrected chi connectivity index (χ1v) is 7.06. The van der Waals surface area contributed by atoms with E-state index in [9.17, 15) is 0 Å². The smallest absolute Gasteiger partial charge is 0.243 e. The lowest BCUT2D eigenvalue weighted by molar-refractivity contribution is 0.898. The molecule has 3 rings (SSSR count). The number of nitrogens with one attached hydrogen (secondary N) is 2. The Labute approximate surface area is 134 Å². The summed E-state index contributed by atoms with van der Waals surface area (Å²) in [5, 5.41) is 3.13. The van der Waals surface area contributed by atoms with Gasteiger partial charge in [0.15, 0.2) is 0 Å². The molecule has 2 aromatic heterocycles. The van der Waals surface area contributed by atoms with Crippen LogP contribution in [0.5, 0.6) is 0 Å². The summed E-state index contributed by atoms with van der Waals surface area (Å²) in [4.78, 5) is 16.7. The molecule has 0 aliphatic carbocycles.